The van der Waals surface area contributed by atoms with Crippen LogP contribution in [0.2, 0.25) is 0 Å². The second-order valence-electron chi connectivity index (χ2n) is 8.00. The first kappa shape index (κ1) is 18.7. The second-order valence-corrected chi connectivity index (χ2v) is 8.00. The molecule has 1 aliphatic carbocycles. The Morgan fingerprint density at radius 3 is 2.57 bits per heavy atom. The molecule has 2 bridgehead atoms. The summed E-state index contributed by atoms with van der Waals surface area (Å²) in [6, 6.07) is 9.77. The molecule has 0 radical (unpaired) electrons. The zero-order valence-corrected chi connectivity index (χ0v) is 16.6. The summed E-state index contributed by atoms with van der Waals surface area (Å²) in [7, 11) is 0. The number of aryl methyl sites for hydroxylation is 1. The molecule has 7 nitrogen and oxygen atoms in total. The van der Waals surface area contributed by atoms with Crippen LogP contribution in [0.25, 0.3) is 5.69 Å². The van der Waals surface area contributed by atoms with E-state index in [1.54, 1.807) is 24.5 Å². The SMILES string of the molecule is Cc1ccc(-n2nccn2)c(C(=O)N2C(COc3ccc(F)cc3)CC3CC2C3)n1. The van der Waals surface area contributed by atoms with Crippen molar-refractivity contribution in [3.8, 4) is 11.4 Å². The first-order valence-electron chi connectivity index (χ1n) is 10.1. The highest BCUT2D eigenvalue weighted by Gasteiger charge is 2.47. The minimum absolute atomic E-state index is 0.0548. The summed E-state index contributed by atoms with van der Waals surface area (Å²) in [5, 5.41) is 8.35. The summed E-state index contributed by atoms with van der Waals surface area (Å²) in [4.78, 5) is 21.6. The van der Waals surface area contributed by atoms with Gasteiger partial charge in [0.05, 0.1) is 18.4 Å². The zero-order chi connectivity index (χ0) is 20.7. The highest BCUT2D eigenvalue weighted by molar-refractivity contribution is 5.96. The smallest absolute Gasteiger partial charge is 0.275 e. The molecular weight excluding hydrogens is 385 g/mol. The van der Waals surface area contributed by atoms with Gasteiger partial charge in [0.2, 0.25) is 0 Å². The van der Waals surface area contributed by atoms with E-state index in [4.69, 9.17) is 4.74 Å². The van der Waals surface area contributed by atoms with E-state index < -0.39 is 0 Å². The fourth-order valence-corrected chi connectivity index (χ4v) is 4.45. The van der Waals surface area contributed by atoms with Gasteiger partial charge in [-0.3, -0.25) is 4.79 Å². The predicted octanol–water partition coefficient (Wildman–Crippen LogP) is 3.18. The summed E-state index contributed by atoms with van der Waals surface area (Å²) in [6.07, 6.45) is 6.07. The minimum atomic E-state index is -0.302. The number of halogens is 1. The molecule has 1 unspecified atom stereocenters. The van der Waals surface area contributed by atoms with E-state index in [1.165, 1.54) is 16.9 Å². The first-order chi connectivity index (χ1) is 14.6. The summed E-state index contributed by atoms with van der Waals surface area (Å²) >= 11 is 0. The molecule has 3 aliphatic rings. The lowest BCUT2D eigenvalue weighted by molar-refractivity contribution is -0.0309. The van der Waals surface area contributed by atoms with E-state index in [0.29, 0.717) is 29.7 Å². The van der Waals surface area contributed by atoms with Crippen LogP contribution >= 0.6 is 0 Å². The molecule has 2 aromatic heterocycles. The van der Waals surface area contributed by atoms with Crippen LogP contribution in [-0.2, 0) is 0 Å². The van der Waals surface area contributed by atoms with E-state index in [0.717, 1.165) is 25.0 Å². The number of rotatable bonds is 5. The molecule has 2 aliphatic heterocycles. The third-order valence-electron chi connectivity index (χ3n) is 5.94. The van der Waals surface area contributed by atoms with Crippen molar-refractivity contribution in [3.05, 3.63) is 66.0 Å². The molecule has 1 atom stereocenters. The van der Waals surface area contributed by atoms with Gasteiger partial charge in [-0.2, -0.15) is 10.2 Å². The molecule has 1 amide bonds. The van der Waals surface area contributed by atoms with Gasteiger partial charge in [0.1, 0.15) is 23.9 Å². The van der Waals surface area contributed by atoms with Gasteiger partial charge in [-0.05, 0) is 68.5 Å². The highest BCUT2D eigenvalue weighted by Crippen LogP contribution is 2.43. The summed E-state index contributed by atoms with van der Waals surface area (Å²) < 4.78 is 19.1. The Bertz CT molecular complexity index is 1050. The van der Waals surface area contributed by atoms with E-state index in [-0.39, 0.29) is 23.8 Å². The average Bonchev–Trinajstić information content (AvgIpc) is 3.26. The average molecular weight is 407 g/mol. The summed E-state index contributed by atoms with van der Waals surface area (Å²) in [6.45, 7) is 2.23. The lowest BCUT2D eigenvalue weighted by Gasteiger charge is -2.53. The van der Waals surface area contributed by atoms with Crippen molar-refractivity contribution in [1.29, 1.82) is 0 Å². The zero-order valence-electron chi connectivity index (χ0n) is 16.6. The maximum absolute atomic E-state index is 13.7. The van der Waals surface area contributed by atoms with Gasteiger partial charge in [-0.15, -0.1) is 4.80 Å². The molecule has 3 aromatic rings. The standard InChI is InChI=1S/C22H22FN5O2/c1-14-2-7-20(28-24-8-9-25-28)21(26-14)22(29)27-17-10-15(11-17)12-18(27)13-30-19-5-3-16(23)4-6-19/h2-9,15,17-18H,10-13H2,1H3. The van der Waals surface area contributed by atoms with Crippen LogP contribution < -0.4 is 4.74 Å². The number of aromatic nitrogens is 4. The molecule has 2 saturated heterocycles. The fraction of sp³-hybridized carbons (Fsp3) is 0.364. The largest absolute Gasteiger partial charge is 0.491 e. The first-order valence-corrected chi connectivity index (χ1v) is 10.1. The van der Waals surface area contributed by atoms with Gasteiger partial charge in [-0.1, -0.05) is 0 Å². The monoisotopic (exact) mass is 407 g/mol. The number of fused-ring (bicyclic) bond motifs is 2. The van der Waals surface area contributed by atoms with Crippen LogP contribution in [0.15, 0.2) is 48.8 Å². The number of benzene rings is 1. The van der Waals surface area contributed by atoms with Crippen molar-refractivity contribution in [2.45, 2.75) is 38.3 Å². The second kappa shape index (κ2) is 7.51. The van der Waals surface area contributed by atoms with Crippen molar-refractivity contribution in [2.24, 2.45) is 5.92 Å². The van der Waals surface area contributed by atoms with Crippen molar-refractivity contribution in [3.63, 3.8) is 0 Å². The van der Waals surface area contributed by atoms with Gasteiger partial charge in [0.15, 0.2) is 5.69 Å². The van der Waals surface area contributed by atoms with Crippen molar-refractivity contribution in [2.75, 3.05) is 6.61 Å². The highest BCUT2D eigenvalue weighted by atomic mass is 19.1. The Balaban J connectivity index is 1.42. The minimum Gasteiger partial charge on any atom is -0.491 e. The van der Waals surface area contributed by atoms with Crippen molar-refractivity contribution >= 4 is 5.91 Å². The predicted molar refractivity (Wildman–Crippen MR) is 107 cm³/mol. The Morgan fingerprint density at radius 1 is 1.10 bits per heavy atom. The number of nitrogens with zero attached hydrogens (tertiary/aromatic N) is 5. The van der Waals surface area contributed by atoms with Crippen LogP contribution in [0.1, 0.15) is 35.4 Å². The summed E-state index contributed by atoms with van der Waals surface area (Å²) in [5.74, 6) is 0.793. The van der Waals surface area contributed by atoms with E-state index in [2.05, 4.69) is 15.2 Å². The van der Waals surface area contributed by atoms with Gasteiger partial charge >= 0.3 is 0 Å². The lowest BCUT2D eigenvalue weighted by atomic mass is 9.70. The number of ether oxygens (including phenoxy) is 1. The number of hydrogen-bond acceptors (Lipinski definition) is 5. The normalized spacial score (nSPS) is 22.5. The number of carbonyl (C=O) groups is 1. The van der Waals surface area contributed by atoms with Crippen molar-refractivity contribution in [1.82, 2.24) is 24.9 Å². The number of pyridine rings is 1. The third kappa shape index (κ3) is 3.42. The molecule has 8 heteroatoms. The van der Waals surface area contributed by atoms with Crippen LogP contribution in [0.5, 0.6) is 5.75 Å². The Labute approximate surface area is 173 Å². The third-order valence-corrected chi connectivity index (χ3v) is 5.94. The quantitative estimate of drug-likeness (QED) is 0.650. The maximum Gasteiger partial charge on any atom is 0.275 e. The fourth-order valence-electron chi connectivity index (χ4n) is 4.45. The van der Waals surface area contributed by atoms with E-state index in [9.17, 15) is 9.18 Å². The van der Waals surface area contributed by atoms with Crippen LogP contribution in [0.4, 0.5) is 4.39 Å². The molecular formula is C22H22FN5O2. The lowest BCUT2D eigenvalue weighted by Crippen LogP contribution is -2.60. The molecule has 154 valence electrons. The molecule has 30 heavy (non-hydrogen) atoms. The van der Waals surface area contributed by atoms with Gasteiger partial charge in [0, 0.05) is 11.7 Å². The molecule has 6 rings (SSSR count). The van der Waals surface area contributed by atoms with Crippen LogP contribution in [0, 0.1) is 18.7 Å². The number of carbonyl (C=O) groups excluding carboxylic acids is 1. The Hall–Kier alpha value is -3.29. The maximum atomic E-state index is 13.7. The van der Waals surface area contributed by atoms with Crippen LogP contribution in [-0.4, -0.2) is 49.5 Å². The molecule has 1 saturated carbocycles. The number of piperidine rings is 2. The molecule has 0 N–H and O–H groups in total. The summed E-state index contributed by atoms with van der Waals surface area (Å²) in [5.41, 5.74) is 1.68. The molecule has 3 fully saturated rings. The molecule has 0 spiro atoms. The Morgan fingerprint density at radius 2 is 1.83 bits per heavy atom. The number of amides is 1. The van der Waals surface area contributed by atoms with Crippen molar-refractivity contribution < 1.29 is 13.9 Å². The van der Waals surface area contributed by atoms with E-state index in [1.807, 2.05) is 24.0 Å². The van der Waals surface area contributed by atoms with Gasteiger partial charge in [0.25, 0.3) is 5.91 Å². The molecule has 4 heterocycles. The van der Waals surface area contributed by atoms with Crippen LogP contribution in [0.3, 0.4) is 0 Å². The number of hydrogen-bond donors (Lipinski definition) is 0. The Kier molecular flexibility index (Phi) is 4.69. The molecule has 1 aromatic carbocycles. The van der Waals surface area contributed by atoms with Gasteiger partial charge in [-0.25, -0.2) is 9.37 Å². The van der Waals surface area contributed by atoms with E-state index >= 15 is 0 Å². The topological polar surface area (TPSA) is 73.1 Å². The van der Waals surface area contributed by atoms with Gasteiger partial charge < -0.3 is 9.64 Å².